The third-order valence-electron chi connectivity index (χ3n) is 3.03. The molecule has 6 heteroatoms. The molecule has 21 heavy (non-hydrogen) atoms. The minimum atomic E-state index is -0.466. The summed E-state index contributed by atoms with van der Waals surface area (Å²) in [5, 5.41) is 5.28. The Morgan fingerprint density at radius 1 is 1.19 bits per heavy atom. The monoisotopic (exact) mass is 290 g/mol. The molecule has 1 aliphatic rings. The Labute approximate surface area is 123 Å². The fourth-order valence-corrected chi connectivity index (χ4v) is 1.93. The number of aryl methyl sites for hydroxylation is 2. The van der Waals surface area contributed by atoms with Crippen molar-refractivity contribution in [2.24, 2.45) is 0 Å². The Kier molecular flexibility index (Phi) is 4.81. The molecule has 0 aliphatic carbocycles. The largest absolute Gasteiger partial charge is 0.494 e. The maximum Gasteiger partial charge on any atom is 0.290 e. The van der Waals surface area contributed by atoms with E-state index in [9.17, 15) is 9.59 Å². The standard InChI is InChI=1S/C15H18N2O4/c1-10-4-3-5-11(2)14(10)17-13(18)8-16-15(19)12-9-20-6-7-21-12/h3-5,9H,6-8H2,1-2H3,(H,16,19)(H,17,18). The van der Waals surface area contributed by atoms with Crippen molar-refractivity contribution < 1.29 is 19.1 Å². The first-order chi connectivity index (χ1) is 10.1. The molecule has 0 bridgehead atoms. The maximum atomic E-state index is 11.9. The highest BCUT2D eigenvalue weighted by Gasteiger charge is 2.16. The van der Waals surface area contributed by atoms with Crippen LogP contribution in [-0.4, -0.2) is 31.6 Å². The van der Waals surface area contributed by atoms with Crippen LogP contribution in [0.1, 0.15) is 11.1 Å². The van der Waals surface area contributed by atoms with Gasteiger partial charge in [-0.2, -0.15) is 0 Å². The van der Waals surface area contributed by atoms with E-state index in [2.05, 4.69) is 10.6 Å². The molecule has 0 aromatic heterocycles. The first kappa shape index (κ1) is 14.9. The number of rotatable bonds is 4. The van der Waals surface area contributed by atoms with Crippen LogP contribution in [0.4, 0.5) is 5.69 Å². The number of ether oxygens (including phenoxy) is 2. The molecule has 2 amide bonds. The van der Waals surface area contributed by atoms with Crippen LogP contribution in [0.15, 0.2) is 30.2 Å². The summed E-state index contributed by atoms with van der Waals surface area (Å²) in [6.07, 6.45) is 1.25. The summed E-state index contributed by atoms with van der Waals surface area (Å²) in [7, 11) is 0. The number of anilines is 1. The summed E-state index contributed by atoms with van der Waals surface area (Å²) < 4.78 is 10.1. The summed E-state index contributed by atoms with van der Waals surface area (Å²) in [4.78, 5) is 23.6. The number of carbonyl (C=O) groups excluding carboxylic acids is 2. The van der Waals surface area contributed by atoms with Gasteiger partial charge >= 0.3 is 0 Å². The fraction of sp³-hybridized carbons (Fsp3) is 0.333. The van der Waals surface area contributed by atoms with Gasteiger partial charge in [-0.25, -0.2) is 0 Å². The summed E-state index contributed by atoms with van der Waals surface area (Å²) in [6, 6.07) is 5.76. The zero-order valence-electron chi connectivity index (χ0n) is 12.1. The number of hydrogen-bond donors (Lipinski definition) is 2. The van der Waals surface area contributed by atoms with Crippen molar-refractivity contribution in [3.63, 3.8) is 0 Å². The van der Waals surface area contributed by atoms with E-state index in [0.717, 1.165) is 16.8 Å². The highest BCUT2D eigenvalue weighted by molar-refractivity contribution is 5.98. The van der Waals surface area contributed by atoms with Crippen LogP contribution in [0.25, 0.3) is 0 Å². The van der Waals surface area contributed by atoms with Crippen molar-refractivity contribution in [3.05, 3.63) is 41.3 Å². The molecule has 0 unspecified atom stereocenters. The zero-order valence-corrected chi connectivity index (χ0v) is 12.1. The van der Waals surface area contributed by atoms with Crippen molar-refractivity contribution in [2.45, 2.75) is 13.8 Å². The lowest BCUT2D eigenvalue weighted by molar-refractivity contribution is -0.125. The Hall–Kier alpha value is -2.50. The Morgan fingerprint density at radius 3 is 2.52 bits per heavy atom. The number of para-hydroxylation sites is 1. The molecular formula is C15H18N2O4. The van der Waals surface area contributed by atoms with Crippen molar-refractivity contribution in [2.75, 3.05) is 25.1 Å². The van der Waals surface area contributed by atoms with Gasteiger partial charge in [0.05, 0.1) is 6.54 Å². The summed E-state index contributed by atoms with van der Waals surface area (Å²) >= 11 is 0. The lowest BCUT2D eigenvalue weighted by atomic mass is 10.1. The van der Waals surface area contributed by atoms with Crippen LogP contribution in [0.5, 0.6) is 0 Å². The normalized spacial score (nSPS) is 13.5. The Balaban J connectivity index is 1.88. The van der Waals surface area contributed by atoms with Crippen molar-refractivity contribution in [1.29, 1.82) is 0 Å². The first-order valence-electron chi connectivity index (χ1n) is 6.67. The van der Waals surface area contributed by atoms with E-state index >= 15 is 0 Å². The van der Waals surface area contributed by atoms with Crippen LogP contribution in [0.3, 0.4) is 0 Å². The maximum absolute atomic E-state index is 11.9. The fourth-order valence-electron chi connectivity index (χ4n) is 1.93. The van der Waals surface area contributed by atoms with E-state index in [1.54, 1.807) is 0 Å². The molecule has 1 aliphatic heterocycles. The van der Waals surface area contributed by atoms with Crippen LogP contribution < -0.4 is 10.6 Å². The van der Waals surface area contributed by atoms with Gasteiger partial charge in [-0.3, -0.25) is 9.59 Å². The SMILES string of the molecule is Cc1cccc(C)c1NC(=O)CNC(=O)C1=COCCO1. The first-order valence-corrected chi connectivity index (χ1v) is 6.67. The second-order valence-electron chi connectivity index (χ2n) is 4.70. The van der Waals surface area contributed by atoms with Gasteiger partial charge in [-0.1, -0.05) is 18.2 Å². The topological polar surface area (TPSA) is 76.7 Å². The average molecular weight is 290 g/mol. The molecule has 0 radical (unpaired) electrons. The summed E-state index contributed by atoms with van der Waals surface area (Å²) in [5.74, 6) is -0.675. The quantitative estimate of drug-likeness (QED) is 0.875. The van der Waals surface area contributed by atoms with Crippen molar-refractivity contribution >= 4 is 17.5 Å². The molecule has 0 atom stereocenters. The van der Waals surface area contributed by atoms with Gasteiger partial charge in [0.2, 0.25) is 11.7 Å². The Morgan fingerprint density at radius 2 is 1.90 bits per heavy atom. The smallest absolute Gasteiger partial charge is 0.290 e. The Bertz CT molecular complexity index is 561. The molecule has 1 heterocycles. The lowest BCUT2D eigenvalue weighted by Crippen LogP contribution is -2.35. The molecular weight excluding hydrogens is 272 g/mol. The number of carbonyl (C=O) groups is 2. The second kappa shape index (κ2) is 6.78. The van der Waals surface area contributed by atoms with Crippen molar-refractivity contribution in [3.8, 4) is 0 Å². The molecule has 0 saturated carbocycles. The number of nitrogens with one attached hydrogen (secondary N) is 2. The predicted molar refractivity (Wildman–Crippen MR) is 77.5 cm³/mol. The number of hydrogen-bond acceptors (Lipinski definition) is 4. The summed E-state index contributed by atoms with van der Waals surface area (Å²) in [6.45, 7) is 4.45. The predicted octanol–water partition coefficient (Wildman–Crippen LogP) is 1.25. The third kappa shape index (κ3) is 3.98. The molecule has 0 saturated heterocycles. The minimum absolute atomic E-state index is 0.0844. The van der Waals surface area contributed by atoms with Gasteiger partial charge < -0.3 is 20.1 Å². The van der Waals surface area contributed by atoms with Gasteiger partial charge in [0.15, 0.2) is 0 Å². The molecule has 0 fully saturated rings. The van der Waals surface area contributed by atoms with Crippen LogP contribution in [-0.2, 0) is 19.1 Å². The number of benzene rings is 1. The van der Waals surface area contributed by atoms with E-state index < -0.39 is 5.91 Å². The van der Waals surface area contributed by atoms with E-state index in [1.165, 1.54) is 6.26 Å². The zero-order chi connectivity index (χ0) is 15.2. The molecule has 112 valence electrons. The molecule has 1 aromatic rings. The van der Waals surface area contributed by atoms with Crippen LogP contribution >= 0.6 is 0 Å². The van der Waals surface area contributed by atoms with Crippen LogP contribution in [0.2, 0.25) is 0 Å². The highest BCUT2D eigenvalue weighted by atomic mass is 16.6. The summed E-state index contributed by atoms with van der Waals surface area (Å²) in [5.41, 5.74) is 2.72. The van der Waals surface area contributed by atoms with E-state index in [1.807, 2.05) is 32.0 Å². The van der Waals surface area contributed by atoms with Gasteiger partial charge in [0, 0.05) is 5.69 Å². The lowest BCUT2D eigenvalue weighted by Gasteiger charge is -2.15. The molecule has 6 nitrogen and oxygen atoms in total. The van der Waals surface area contributed by atoms with Gasteiger partial charge in [-0.15, -0.1) is 0 Å². The van der Waals surface area contributed by atoms with Crippen molar-refractivity contribution in [1.82, 2.24) is 5.32 Å². The van der Waals surface area contributed by atoms with Gasteiger partial charge in [0.25, 0.3) is 5.91 Å². The molecule has 1 aromatic carbocycles. The second-order valence-corrected chi connectivity index (χ2v) is 4.70. The molecule has 2 rings (SSSR count). The van der Waals surface area contributed by atoms with Gasteiger partial charge in [-0.05, 0) is 25.0 Å². The number of amides is 2. The van der Waals surface area contributed by atoms with E-state index in [0.29, 0.717) is 13.2 Å². The van der Waals surface area contributed by atoms with Crippen LogP contribution in [0, 0.1) is 13.8 Å². The molecule has 2 N–H and O–H groups in total. The third-order valence-corrected chi connectivity index (χ3v) is 3.03. The average Bonchev–Trinajstić information content (AvgIpc) is 2.49. The van der Waals surface area contributed by atoms with Gasteiger partial charge in [0.1, 0.15) is 19.5 Å². The van der Waals surface area contributed by atoms with E-state index in [-0.39, 0.29) is 18.2 Å². The van der Waals surface area contributed by atoms with E-state index in [4.69, 9.17) is 9.47 Å². The highest BCUT2D eigenvalue weighted by Crippen LogP contribution is 2.18. The molecule has 0 spiro atoms. The minimum Gasteiger partial charge on any atom is -0.494 e.